The Labute approximate surface area is 139 Å². The lowest BCUT2D eigenvalue weighted by Crippen LogP contribution is -2.51. The third kappa shape index (κ3) is 6.09. The number of aldehydes is 1. The fourth-order valence-electron chi connectivity index (χ4n) is 1.48. The minimum atomic E-state index is -2.55. The van der Waals surface area contributed by atoms with Gasteiger partial charge in [-0.25, -0.2) is 9.59 Å². The molecule has 0 aromatic heterocycles. The van der Waals surface area contributed by atoms with E-state index in [9.17, 15) is 39.6 Å². The van der Waals surface area contributed by atoms with Crippen LogP contribution in [-0.4, -0.2) is 114 Å². The van der Waals surface area contributed by atoms with Gasteiger partial charge in [-0.1, -0.05) is 0 Å². The molecule has 13 nitrogen and oxygen atoms in total. The SMILES string of the molecule is O=C[C@@H](OC(=O)C(=O)[C@H](O)[C@@H](O)[C@H](O)CO)[C@@H](O)[C@H](O)[C@H](O)C(=O)O. The average Bonchev–Trinajstić information content (AvgIpc) is 2.60. The van der Waals surface area contributed by atoms with Crippen LogP contribution in [0, 0.1) is 0 Å². The summed E-state index contributed by atoms with van der Waals surface area (Å²) in [5.74, 6) is -5.81. The number of aliphatic carboxylic acids is 1. The maximum absolute atomic E-state index is 11.5. The molecule has 0 aliphatic rings. The van der Waals surface area contributed by atoms with Crippen molar-refractivity contribution < 1.29 is 64.8 Å². The zero-order valence-corrected chi connectivity index (χ0v) is 12.4. The van der Waals surface area contributed by atoms with Crippen LogP contribution in [0.2, 0.25) is 0 Å². The monoisotopic (exact) mass is 370 g/mol. The maximum Gasteiger partial charge on any atom is 0.378 e. The van der Waals surface area contributed by atoms with Gasteiger partial charge in [0.25, 0.3) is 5.78 Å². The molecule has 0 saturated carbocycles. The van der Waals surface area contributed by atoms with E-state index in [-0.39, 0.29) is 6.29 Å². The van der Waals surface area contributed by atoms with Gasteiger partial charge in [0.1, 0.15) is 24.4 Å². The molecule has 7 atom stereocenters. The number of carbonyl (C=O) groups excluding carboxylic acids is 3. The first-order valence-electron chi connectivity index (χ1n) is 6.61. The van der Waals surface area contributed by atoms with Gasteiger partial charge in [0, 0.05) is 0 Å². The van der Waals surface area contributed by atoms with Gasteiger partial charge >= 0.3 is 11.9 Å². The second-order valence-electron chi connectivity index (χ2n) is 4.82. The van der Waals surface area contributed by atoms with Crippen LogP contribution >= 0.6 is 0 Å². The van der Waals surface area contributed by atoms with Crippen molar-refractivity contribution in [2.24, 2.45) is 0 Å². The second-order valence-corrected chi connectivity index (χ2v) is 4.82. The third-order valence-electron chi connectivity index (χ3n) is 3.01. The van der Waals surface area contributed by atoms with Crippen molar-refractivity contribution in [1.29, 1.82) is 0 Å². The fraction of sp³-hybridized carbons (Fsp3) is 0.667. The minimum absolute atomic E-state index is 0.293. The zero-order chi connectivity index (χ0) is 19.9. The summed E-state index contributed by atoms with van der Waals surface area (Å²) >= 11 is 0. The number of ketones is 1. The standard InChI is InChI=1S/C12H18O13/c13-1-3(15)5(16)7(18)10(21)12(24)25-4(2-14)6(17)8(19)9(20)11(22)23/h2-9,13,15-20H,1H2,(H,22,23)/t3-,4-,5+,6-,7-,8+,9+/m1/s1. The summed E-state index contributed by atoms with van der Waals surface area (Å²) in [6.45, 7) is -1.06. The van der Waals surface area contributed by atoms with E-state index >= 15 is 0 Å². The Morgan fingerprint density at radius 2 is 1.40 bits per heavy atom. The fourth-order valence-corrected chi connectivity index (χ4v) is 1.48. The molecular weight excluding hydrogens is 352 g/mol. The number of hydrogen-bond donors (Lipinski definition) is 8. The number of rotatable bonds is 11. The predicted octanol–water partition coefficient (Wildman–Crippen LogP) is -6.09. The molecule has 0 aromatic rings. The number of aliphatic hydroxyl groups excluding tert-OH is 7. The predicted molar refractivity (Wildman–Crippen MR) is 71.7 cm³/mol. The number of carboxylic acids is 1. The molecule has 0 radical (unpaired) electrons. The minimum Gasteiger partial charge on any atom is -0.479 e. The highest BCUT2D eigenvalue weighted by atomic mass is 16.6. The van der Waals surface area contributed by atoms with Gasteiger partial charge in [-0.2, -0.15) is 0 Å². The first-order valence-corrected chi connectivity index (χ1v) is 6.61. The van der Waals surface area contributed by atoms with Crippen LogP contribution in [0.3, 0.4) is 0 Å². The van der Waals surface area contributed by atoms with Crippen molar-refractivity contribution in [2.75, 3.05) is 6.61 Å². The molecule has 0 unspecified atom stereocenters. The van der Waals surface area contributed by atoms with Gasteiger partial charge in [-0.05, 0) is 0 Å². The highest BCUT2D eigenvalue weighted by Crippen LogP contribution is 2.10. The number of Topliss-reactive ketones (excluding diaryl/α,β-unsaturated/α-hetero) is 1. The van der Waals surface area contributed by atoms with Crippen LogP contribution in [0.25, 0.3) is 0 Å². The summed E-state index contributed by atoms with van der Waals surface area (Å²) in [5.41, 5.74) is 0. The van der Waals surface area contributed by atoms with E-state index in [0.29, 0.717) is 0 Å². The van der Waals surface area contributed by atoms with Gasteiger partial charge in [-0.3, -0.25) is 9.59 Å². The van der Waals surface area contributed by atoms with Crippen LogP contribution in [0.5, 0.6) is 0 Å². The van der Waals surface area contributed by atoms with E-state index in [1.54, 1.807) is 0 Å². The molecule has 13 heteroatoms. The van der Waals surface area contributed by atoms with Crippen LogP contribution < -0.4 is 0 Å². The number of carboxylic acid groups (broad SMARTS) is 1. The van der Waals surface area contributed by atoms with Crippen molar-refractivity contribution in [3.05, 3.63) is 0 Å². The van der Waals surface area contributed by atoms with E-state index < -0.39 is 67.1 Å². The summed E-state index contributed by atoms with van der Waals surface area (Å²) in [6.07, 6.45) is -16.8. The molecule has 0 heterocycles. The van der Waals surface area contributed by atoms with Gasteiger partial charge in [0.2, 0.25) is 0 Å². The van der Waals surface area contributed by atoms with E-state index in [2.05, 4.69) is 4.74 Å². The Morgan fingerprint density at radius 1 is 0.880 bits per heavy atom. The quantitative estimate of drug-likeness (QED) is 0.0960. The number of esters is 1. The zero-order valence-electron chi connectivity index (χ0n) is 12.4. The molecule has 8 N–H and O–H groups in total. The Kier molecular flexibility index (Phi) is 9.29. The lowest BCUT2D eigenvalue weighted by atomic mass is 10.0. The Hall–Kier alpha value is -2.00. The molecule has 0 rings (SSSR count). The molecule has 0 aromatic carbocycles. The number of aliphatic hydroxyl groups is 7. The van der Waals surface area contributed by atoms with E-state index in [4.69, 9.17) is 20.4 Å². The number of ether oxygens (including phenoxy) is 1. The number of hydrogen-bond acceptors (Lipinski definition) is 12. The molecule has 0 spiro atoms. The Bertz CT molecular complexity index is 491. The topological polar surface area (TPSA) is 239 Å². The summed E-state index contributed by atoms with van der Waals surface area (Å²) in [7, 11) is 0. The Morgan fingerprint density at radius 3 is 1.80 bits per heavy atom. The van der Waals surface area contributed by atoms with E-state index in [0.717, 1.165) is 0 Å². The molecule has 0 fully saturated rings. The normalized spacial score (nSPS) is 19.6. The third-order valence-corrected chi connectivity index (χ3v) is 3.01. The molecular formula is C12H18O13. The lowest BCUT2D eigenvalue weighted by Gasteiger charge is -2.25. The molecule has 0 amide bonds. The van der Waals surface area contributed by atoms with Crippen LogP contribution in [0.4, 0.5) is 0 Å². The van der Waals surface area contributed by atoms with Crippen molar-refractivity contribution >= 4 is 24.0 Å². The van der Waals surface area contributed by atoms with Crippen LogP contribution in [-0.2, 0) is 23.9 Å². The molecule has 0 bridgehead atoms. The van der Waals surface area contributed by atoms with Crippen LogP contribution in [0.1, 0.15) is 0 Å². The largest absolute Gasteiger partial charge is 0.479 e. The van der Waals surface area contributed by atoms with Gasteiger partial charge in [0.15, 0.2) is 24.6 Å². The summed E-state index contributed by atoms with van der Waals surface area (Å²) < 4.78 is 4.17. The van der Waals surface area contributed by atoms with Gasteiger partial charge < -0.3 is 45.6 Å². The first-order chi connectivity index (χ1) is 11.5. The number of carbonyl (C=O) groups is 4. The highest BCUT2D eigenvalue weighted by Gasteiger charge is 2.40. The van der Waals surface area contributed by atoms with Crippen LogP contribution in [0.15, 0.2) is 0 Å². The maximum atomic E-state index is 11.5. The van der Waals surface area contributed by atoms with Crippen molar-refractivity contribution in [1.82, 2.24) is 0 Å². The molecule has 25 heavy (non-hydrogen) atoms. The summed E-state index contributed by atoms with van der Waals surface area (Å²) in [6, 6.07) is 0. The van der Waals surface area contributed by atoms with E-state index in [1.165, 1.54) is 0 Å². The first kappa shape index (κ1) is 23.0. The highest BCUT2D eigenvalue weighted by molar-refractivity contribution is 6.35. The second kappa shape index (κ2) is 10.1. The van der Waals surface area contributed by atoms with Gasteiger partial charge in [0.05, 0.1) is 6.61 Å². The molecule has 144 valence electrons. The van der Waals surface area contributed by atoms with Crippen molar-refractivity contribution in [3.63, 3.8) is 0 Å². The summed E-state index contributed by atoms with van der Waals surface area (Å²) in [4.78, 5) is 44.2. The van der Waals surface area contributed by atoms with Crippen molar-refractivity contribution in [3.8, 4) is 0 Å². The van der Waals surface area contributed by atoms with Crippen molar-refractivity contribution in [2.45, 2.75) is 42.7 Å². The van der Waals surface area contributed by atoms with Gasteiger partial charge in [-0.15, -0.1) is 0 Å². The lowest BCUT2D eigenvalue weighted by molar-refractivity contribution is -0.179. The molecule has 0 saturated heterocycles. The molecule has 0 aliphatic heterocycles. The average molecular weight is 370 g/mol. The van der Waals surface area contributed by atoms with E-state index in [1.807, 2.05) is 0 Å². The molecule has 0 aliphatic carbocycles. The Balaban J connectivity index is 5.01. The summed E-state index contributed by atoms with van der Waals surface area (Å²) in [5, 5.41) is 72.6. The smallest absolute Gasteiger partial charge is 0.378 e.